The van der Waals surface area contributed by atoms with Crippen molar-refractivity contribution in [3.05, 3.63) is 105 Å². The van der Waals surface area contributed by atoms with Gasteiger partial charge < -0.3 is 9.88 Å². The van der Waals surface area contributed by atoms with Gasteiger partial charge in [0.15, 0.2) is 0 Å². The standard InChI is InChI=1S/C23H18F6N2O2/c1-14(32)30-22(26,23(27,28)29)18-9-10-19(24)17(21(18)25)12-15-5-7-16(8-6-15)13-31-11-3-2-4-20(31)33/h2-11H,12-13H2,1H3,(H,30,32). The highest BCUT2D eigenvalue weighted by Crippen LogP contribution is 2.42. The van der Waals surface area contributed by atoms with Crippen molar-refractivity contribution in [3.8, 4) is 0 Å². The number of alkyl halides is 4. The normalized spacial score (nSPS) is 13.4. The van der Waals surface area contributed by atoms with Crippen LogP contribution >= 0.6 is 0 Å². The van der Waals surface area contributed by atoms with Gasteiger partial charge in [-0.05, 0) is 29.3 Å². The zero-order chi connectivity index (χ0) is 24.4. The van der Waals surface area contributed by atoms with Gasteiger partial charge in [0.05, 0.1) is 12.1 Å². The minimum Gasteiger partial charge on any atom is -0.313 e. The number of pyridine rings is 1. The molecule has 0 spiro atoms. The molecule has 0 fully saturated rings. The van der Waals surface area contributed by atoms with Gasteiger partial charge in [-0.1, -0.05) is 30.3 Å². The van der Waals surface area contributed by atoms with Gasteiger partial charge in [-0.2, -0.15) is 13.2 Å². The van der Waals surface area contributed by atoms with E-state index in [1.807, 2.05) is 0 Å². The molecule has 1 atom stereocenters. The van der Waals surface area contributed by atoms with Crippen LogP contribution < -0.4 is 10.9 Å². The van der Waals surface area contributed by atoms with Crippen molar-refractivity contribution in [2.45, 2.75) is 31.9 Å². The third kappa shape index (κ3) is 5.10. The van der Waals surface area contributed by atoms with Gasteiger partial charge >= 0.3 is 12.0 Å². The smallest absolute Gasteiger partial charge is 0.313 e. The molecule has 0 aliphatic carbocycles. The molecular formula is C23H18F6N2O2. The van der Waals surface area contributed by atoms with Gasteiger partial charge in [-0.15, -0.1) is 0 Å². The molecule has 2 aromatic carbocycles. The monoisotopic (exact) mass is 468 g/mol. The molecule has 3 aromatic rings. The van der Waals surface area contributed by atoms with Crippen molar-refractivity contribution in [2.75, 3.05) is 0 Å². The lowest BCUT2D eigenvalue weighted by Crippen LogP contribution is -2.52. The summed E-state index contributed by atoms with van der Waals surface area (Å²) in [5.74, 6) is -8.82. The van der Waals surface area contributed by atoms with Crippen LogP contribution in [0.3, 0.4) is 0 Å². The number of aromatic nitrogens is 1. The Hall–Kier alpha value is -3.56. The first kappa shape index (κ1) is 24.1. The second kappa shape index (κ2) is 9.13. The molecular weight excluding hydrogens is 450 g/mol. The van der Waals surface area contributed by atoms with Crippen LogP contribution in [-0.2, 0) is 23.6 Å². The van der Waals surface area contributed by atoms with Crippen LogP contribution in [0.2, 0.25) is 0 Å². The van der Waals surface area contributed by atoms with Crippen molar-refractivity contribution < 1.29 is 31.1 Å². The Morgan fingerprint density at radius 3 is 2.15 bits per heavy atom. The van der Waals surface area contributed by atoms with Crippen molar-refractivity contribution in [1.29, 1.82) is 0 Å². The van der Waals surface area contributed by atoms with E-state index >= 15 is 0 Å². The molecule has 1 unspecified atom stereocenters. The molecule has 4 nitrogen and oxygen atoms in total. The number of carbonyl (C=O) groups excluding carboxylic acids is 1. The number of hydrogen-bond acceptors (Lipinski definition) is 2. The van der Waals surface area contributed by atoms with Gasteiger partial charge in [0.2, 0.25) is 5.91 Å². The van der Waals surface area contributed by atoms with Crippen LogP contribution in [-0.4, -0.2) is 16.7 Å². The Morgan fingerprint density at radius 2 is 1.58 bits per heavy atom. The summed E-state index contributed by atoms with van der Waals surface area (Å²) in [6.07, 6.45) is -4.57. The minimum absolute atomic E-state index is 0.221. The van der Waals surface area contributed by atoms with Gasteiger partial charge in [-0.25, -0.2) is 13.2 Å². The van der Waals surface area contributed by atoms with E-state index in [1.54, 1.807) is 30.5 Å². The molecule has 174 valence electrons. The fourth-order valence-electron chi connectivity index (χ4n) is 3.31. The average molecular weight is 468 g/mol. The number of benzene rings is 2. The predicted molar refractivity (Wildman–Crippen MR) is 108 cm³/mol. The van der Waals surface area contributed by atoms with E-state index in [-0.39, 0.29) is 12.1 Å². The molecule has 0 bridgehead atoms. The van der Waals surface area contributed by atoms with E-state index in [9.17, 15) is 35.9 Å². The maximum atomic E-state index is 14.9. The van der Waals surface area contributed by atoms with Crippen LogP contribution in [0.15, 0.2) is 65.6 Å². The molecule has 1 heterocycles. The second-order valence-electron chi connectivity index (χ2n) is 7.38. The summed E-state index contributed by atoms with van der Waals surface area (Å²) < 4.78 is 85.6. The molecule has 33 heavy (non-hydrogen) atoms. The summed E-state index contributed by atoms with van der Waals surface area (Å²) in [6.45, 7) is 0.887. The van der Waals surface area contributed by atoms with E-state index in [0.29, 0.717) is 30.2 Å². The predicted octanol–water partition coefficient (Wildman–Crippen LogP) is 4.59. The molecule has 1 amide bonds. The Morgan fingerprint density at radius 1 is 0.939 bits per heavy atom. The third-order valence-electron chi connectivity index (χ3n) is 4.95. The Kier molecular flexibility index (Phi) is 6.66. The Bertz CT molecular complexity index is 1220. The number of rotatable bonds is 6. The SMILES string of the molecule is CC(=O)NC(F)(c1ccc(F)c(Cc2ccc(Cn3ccccc3=O)cc2)c1F)C(F)(F)F. The highest BCUT2D eigenvalue weighted by molar-refractivity contribution is 5.74. The number of hydrogen-bond donors (Lipinski definition) is 1. The van der Waals surface area contributed by atoms with Gasteiger partial charge in [0.1, 0.15) is 11.6 Å². The third-order valence-corrected chi connectivity index (χ3v) is 4.95. The molecule has 0 aliphatic heterocycles. The van der Waals surface area contributed by atoms with Gasteiger partial charge in [0.25, 0.3) is 5.56 Å². The van der Waals surface area contributed by atoms with E-state index < -0.39 is 47.1 Å². The average Bonchev–Trinajstić information content (AvgIpc) is 2.72. The summed E-state index contributed by atoms with van der Waals surface area (Å²) in [5, 5.41) is 1.08. The molecule has 3 rings (SSSR count). The summed E-state index contributed by atoms with van der Waals surface area (Å²) >= 11 is 0. The molecule has 0 aliphatic rings. The number of halogens is 6. The van der Waals surface area contributed by atoms with Gasteiger partial charge in [0, 0.05) is 31.2 Å². The number of carbonyl (C=O) groups is 1. The van der Waals surface area contributed by atoms with E-state index in [4.69, 9.17) is 0 Å². The van der Waals surface area contributed by atoms with Crippen LogP contribution in [0.4, 0.5) is 26.3 Å². The first-order valence-electron chi connectivity index (χ1n) is 9.67. The fraction of sp³-hybridized carbons (Fsp3) is 0.217. The maximum absolute atomic E-state index is 14.9. The quantitative estimate of drug-likeness (QED) is 0.425. The minimum atomic E-state index is -5.69. The van der Waals surface area contributed by atoms with Crippen molar-refractivity contribution in [2.24, 2.45) is 0 Å². The summed E-state index contributed by atoms with van der Waals surface area (Å²) in [6, 6.07) is 11.7. The van der Waals surface area contributed by atoms with Crippen molar-refractivity contribution >= 4 is 5.91 Å². The molecule has 1 aromatic heterocycles. The van der Waals surface area contributed by atoms with E-state index in [0.717, 1.165) is 5.32 Å². The van der Waals surface area contributed by atoms with E-state index in [2.05, 4.69) is 0 Å². The van der Waals surface area contributed by atoms with Crippen LogP contribution in [0, 0.1) is 11.6 Å². The molecule has 0 saturated carbocycles. The highest BCUT2D eigenvalue weighted by Gasteiger charge is 2.59. The molecule has 10 heteroatoms. The van der Waals surface area contributed by atoms with Gasteiger partial charge in [-0.3, -0.25) is 9.59 Å². The topological polar surface area (TPSA) is 51.1 Å². The first-order valence-corrected chi connectivity index (χ1v) is 9.67. The van der Waals surface area contributed by atoms with Crippen LogP contribution in [0.25, 0.3) is 0 Å². The lowest BCUT2D eigenvalue weighted by atomic mass is 9.95. The van der Waals surface area contributed by atoms with Crippen molar-refractivity contribution in [1.82, 2.24) is 9.88 Å². The highest BCUT2D eigenvalue weighted by atomic mass is 19.4. The molecule has 0 saturated heterocycles. The van der Waals surface area contributed by atoms with Crippen LogP contribution in [0.5, 0.6) is 0 Å². The lowest BCUT2D eigenvalue weighted by molar-refractivity contribution is -0.247. The maximum Gasteiger partial charge on any atom is 0.446 e. The zero-order valence-electron chi connectivity index (χ0n) is 17.2. The summed E-state index contributed by atoms with van der Waals surface area (Å²) in [7, 11) is 0. The summed E-state index contributed by atoms with van der Waals surface area (Å²) in [4.78, 5) is 22.9. The summed E-state index contributed by atoms with van der Waals surface area (Å²) in [5.41, 5.74) is -1.50. The zero-order valence-corrected chi connectivity index (χ0v) is 17.2. The number of nitrogens with zero attached hydrogens (tertiary/aromatic N) is 1. The largest absolute Gasteiger partial charge is 0.446 e. The van der Waals surface area contributed by atoms with E-state index in [1.165, 1.54) is 22.8 Å². The molecule has 1 N–H and O–H groups in total. The van der Waals surface area contributed by atoms with Crippen molar-refractivity contribution in [3.63, 3.8) is 0 Å². The number of nitrogens with one attached hydrogen (secondary N) is 1. The Labute approximate surface area is 184 Å². The Balaban J connectivity index is 1.92. The fourth-order valence-corrected chi connectivity index (χ4v) is 3.31. The second-order valence-corrected chi connectivity index (χ2v) is 7.38. The van der Waals surface area contributed by atoms with Crippen LogP contribution in [0.1, 0.15) is 29.2 Å². The lowest BCUT2D eigenvalue weighted by Gasteiger charge is -2.29. The number of amides is 1. The first-order chi connectivity index (χ1) is 15.4. The molecule has 0 radical (unpaired) electrons.